The summed E-state index contributed by atoms with van der Waals surface area (Å²) < 4.78 is 0. The molecule has 1 aromatic rings. The standard InChI is InChI=1S/C31H45N2P/c1-32-23-24-33(2)31(32)29-19-12-20-30(28(29)22-21-25-13-6-3-7-14-25)34(26-15-8-4-9-16-26)27-17-10-5-11-18-27/h3,6-7,13-14,22-24,26-27,30H,4-5,8-12,15-21H2,1-2H3. The molecular weight excluding hydrogens is 431 g/mol. The lowest BCUT2D eigenvalue weighted by Gasteiger charge is -2.46. The summed E-state index contributed by atoms with van der Waals surface area (Å²) in [6.45, 7) is 0. The van der Waals surface area contributed by atoms with Crippen LogP contribution in [0.15, 0.2) is 65.8 Å². The summed E-state index contributed by atoms with van der Waals surface area (Å²) in [6, 6.07) is 11.2. The zero-order valence-corrected chi connectivity index (χ0v) is 22.5. The summed E-state index contributed by atoms with van der Waals surface area (Å²) in [6.07, 6.45) is 27.2. The number of allylic oxidation sites excluding steroid dienone is 3. The van der Waals surface area contributed by atoms with Crippen LogP contribution in [0.1, 0.15) is 89.0 Å². The molecule has 0 saturated heterocycles. The van der Waals surface area contributed by atoms with Gasteiger partial charge in [0.25, 0.3) is 0 Å². The second-order valence-corrected chi connectivity index (χ2v) is 14.1. The van der Waals surface area contributed by atoms with Crippen molar-refractivity contribution in [2.45, 2.75) is 107 Å². The predicted molar refractivity (Wildman–Crippen MR) is 148 cm³/mol. The van der Waals surface area contributed by atoms with E-state index >= 15 is 0 Å². The van der Waals surface area contributed by atoms with Crippen molar-refractivity contribution < 1.29 is 0 Å². The van der Waals surface area contributed by atoms with E-state index in [4.69, 9.17) is 0 Å². The summed E-state index contributed by atoms with van der Waals surface area (Å²) in [7, 11) is 4.52. The Hall–Kier alpha value is -1.53. The summed E-state index contributed by atoms with van der Waals surface area (Å²) >= 11 is 0. The highest BCUT2D eigenvalue weighted by Gasteiger charge is 2.40. The molecule has 3 heteroatoms. The van der Waals surface area contributed by atoms with Crippen molar-refractivity contribution in [3.05, 3.63) is 71.3 Å². The minimum absolute atomic E-state index is 0.0357. The second-order valence-electron chi connectivity index (χ2n) is 11.1. The maximum absolute atomic E-state index is 2.68. The number of rotatable bonds is 5. The first kappa shape index (κ1) is 24.2. The van der Waals surface area contributed by atoms with Crippen LogP contribution in [0.5, 0.6) is 0 Å². The van der Waals surface area contributed by atoms with E-state index in [1.165, 1.54) is 94.9 Å². The van der Waals surface area contributed by atoms with Gasteiger partial charge in [-0.1, -0.05) is 82.9 Å². The Bertz CT molecular complexity index is 857. The van der Waals surface area contributed by atoms with Gasteiger partial charge in [-0.3, -0.25) is 0 Å². The van der Waals surface area contributed by atoms with Gasteiger partial charge in [-0.05, 0) is 79.4 Å². The van der Waals surface area contributed by atoms with Gasteiger partial charge in [0.05, 0.1) is 0 Å². The Morgan fingerprint density at radius 2 is 1.35 bits per heavy atom. The second kappa shape index (κ2) is 11.5. The van der Waals surface area contributed by atoms with Crippen molar-refractivity contribution in [2.24, 2.45) is 0 Å². The van der Waals surface area contributed by atoms with E-state index in [2.05, 4.69) is 72.7 Å². The first-order chi connectivity index (χ1) is 16.7. The van der Waals surface area contributed by atoms with E-state index in [1.807, 2.05) is 0 Å². The molecule has 1 heterocycles. The van der Waals surface area contributed by atoms with Gasteiger partial charge in [0.1, 0.15) is 5.82 Å². The Morgan fingerprint density at radius 1 is 0.765 bits per heavy atom. The van der Waals surface area contributed by atoms with E-state index in [9.17, 15) is 0 Å². The van der Waals surface area contributed by atoms with Gasteiger partial charge in [0, 0.05) is 32.2 Å². The zero-order valence-electron chi connectivity index (χ0n) is 21.6. The van der Waals surface area contributed by atoms with Crippen LogP contribution in [0, 0.1) is 0 Å². The van der Waals surface area contributed by atoms with Crippen molar-refractivity contribution >= 4 is 7.92 Å². The quantitative estimate of drug-likeness (QED) is 0.394. The molecule has 3 aliphatic carbocycles. The molecule has 0 spiro atoms. The molecule has 2 nitrogen and oxygen atoms in total. The molecule has 1 unspecified atom stereocenters. The fourth-order valence-electron chi connectivity index (χ4n) is 7.21. The predicted octanol–water partition coefficient (Wildman–Crippen LogP) is 8.42. The van der Waals surface area contributed by atoms with Crippen molar-refractivity contribution in [3.8, 4) is 0 Å². The summed E-state index contributed by atoms with van der Waals surface area (Å²) in [5, 5.41) is 0. The number of hydrogen-bond donors (Lipinski definition) is 0. The lowest BCUT2D eigenvalue weighted by atomic mass is 9.87. The third-order valence-electron chi connectivity index (χ3n) is 8.82. The molecular formula is C31H45N2P. The van der Waals surface area contributed by atoms with Gasteiger partial charge in [0.2, 0.25) is 0 Å². The largest absolute Gasteiger partial charge is 0.336 e. The van der Waals surface area contributed by atoms with E-state index in [1.54, 1.807) is 11.1 Å². The third kappa shape index (κ3) is 5.33. The van der Waals surface area contributed by atoms with E-state index in [-0.39, 0.29) is 7.92 Å². The Balaban J connectivity index is 1.54. The fraction of sp³-hybridized carbons (Fsp3) is 0.613. The molecule has 3 saturated carbocycles. The Labute approximate surface area is 209 Å². The van der Waals surface area contributed by atoms with Crippen LogP contribution in [-0.2, 0) is 6.42 Å². The topological polar surface area (TPSA) is 6.48 Å². The average molecular weight is 477 g/mol. The van der Waals surface area contributed by atoms with Crippen molar-refractivity contribution in [1.29, 1.82) is 0 Å². The molecule has 0 bridgehead atoms. The van der Waals surface area contributed by atoms with Crippen LogP contribution in [0.25, 0.3) is 0 Å². The number of benzene rings is 1. The minimum Gasteiger partial charge on any atom is -0.336 e. The minimum atomic E-state index is 0.0357. The molecule has 184 valence electrons. The van der Waals surface area contributed by atoms with E-state index in [0.717, 1.165) is 23.4 Å². The van der Waals surface area contributed by atoms with Crippen molar-refractivity contribution in [3.63, 3.8) is 0 Å². The van der Waals surface area contributed by atoms with Crippen molar-refractivity contribution in [1.82, 2.24) is 9.80 Å². The van der Waals surface area contributed by atoms with Gasteiger partial charge in [-0.25, -0.2) is 0 Å². The molecule has 4 aliphatic rings. The number of nitrogens with zero attached hydrogens (tertiary/aromatic N) is 2. The maximum Gasteiger partial charge on any atom is 0.115 e. The molecule has 0 amide bonds. The summed E-state index contributed by atoms with van der Waals surface area (Å²) in [5.41, 5.74) is 7.69. The Morgan fingerprint density at radius 3 is 1.94 bits per heavy atom. The fourth-order valence-corrected chi connectivity index (χ4v) is 11.8. The lowest BCUT2D eigenvalue weighted by Crippen LogP contribution is -2.31. The molecule has 34 heavy (non-hydrogen) atoms. The van der Waals surface area contributed by atoms with Gasteiger partial charge in [0.15, 0.2) is 0 Å². The highest BCUT2D eigenvalue weighted by molar-refractivity contribution is 7.60. The highest BCUT2D eigenvalue weighted by Crippen LogP contribution is 2.63. The van der Waals surface area contributed by atoms with Gasteiger partial charge < -0.3 is 9.80 Å². The van der Waals surface area contributed by atoms with Gasteiger partial charge in [-0.15, -0.1) is 0 Å². The van der Waals surface area contributed by atoms with Crippen LogP contribution < -0.4 is 0 Å². The lowest BCUT2D eigenvalue weighted by molar-refractivity contribution is 0.430. The molecule has 1 atom stereocenters. The van der Waals surface area contributed by atoms with Crippen LogP contribution in [-0.4, -0.2) is 40.9 Å². The number of hydrogen-bond acceptors (Lipinski definition) is 2. The van der Waals surface area contributed by atoms with Crippen LogP contribution in [0.3, 0.4) is 0 Å². The highest BCUT2D eigenvalue weighted by atomic mass is 31.1. The smallest absolute Gasteiger partial charge is 0.115 e. The van der Waals surface area contributed by atoms with Gasteiger partial charge in [-0.2, -0.15) is 0 Å². The molecule has 1 aromatic carbocycles. The molecule has 0 aromatic heterocycles. The monoisotopic (exact) mass is 476 g/mol. The zero-order chi connectivity index (χ0) is 23.3. The first-order valence-electron chi connectivity index (χ1n) is 14.1. The van der Waals surface area contributed by atoms with Crippen LogP contribution in [0.4, 0.5) is 0 Å². The average Bonchev–Trinajstić information content (AvgIpc) is 3.22. The molecule has 1 aliphatic heterocycles. The SMILES string of the molecule is CN1C=CN(C)C1=C1CCCC(P(C2CCCCC2)C2CCCCC2)C1=CCc1ccccc1. The molecule has 0 N–H and O–H groups in total. The van der Waals surface area contributed by atoms with Crippen molar-refractivity contribution in [2.75, 3.05) is 14.1 Å². The van der Waals surface area contributed by atoms with E-state index < -0.39 is 0 Å². The molecule has 5 rings (SSSR count). The maximum atomic E-state index is 2.68. The third-order valence-corrected chi connectivity index (χ3v) is 12.8. The molecule has 0 radical (unpaired) electrons. The summed E-state index contributed by atoms with van der Waals surface area (Å²) in [4.78, 5) is 4.75. The normalized spacial score (nSPS) is 26.3. The van der Waals surface area contributed by atoms with Gasteiger partial charge >= 0.3 is 0 Å². The Kier molecular flexibility index (Phi) is 8.16. The first-order valence-corrected chi connectivity index (χ1v) is 15.7. The summed E-state index contributed by atoms with van der Waals surface area (Å²) in [5.74, 6) is 1.44. The van der Waals surface area contributed by atoms with Crippen LogP contribution >= 0.6 is 7.92 Å². The molecule has 3 fully saturated rings. The van der Waals surface area contributed by atoms with E-state index in [0.29, 0.717) is 0 Å². The van der Waals surface area contributed by atoms with Crippen LogP contribution in [0.2, 0.25) is 0 Å².